The van der Waals surface area contributed by atoms with Crippen LogP contribution in [-0.4, -0.2) is 19.9 Å². The van der Waals surface area contributed by atoms with Gasteiger partial charge in [0.1, 0.15) is 11.6 Å². The fraction of sp³-hybridized carbons (Fsp3) is 0.355. The van der Waals surface area contributed by atoms with Gasteiger partial charge in [0, 0.05) is 28.2 Å². The maximum absolute atomic E-state index is 4.91. The normalized spacial score (nSPS) is 12.1. The lowest BCUT2D eigenvalue weighted by Gasteiger charge is -2.23. The van der Waals surface area contributed by atoms with Gasteiger partial charge in [-0.05, 0) is 66.8 Å². The van der Waals surface area contributed by atoms with E-state index in [0.717, 1.165) is 39.9 Å². The molecule has 180 valence electrons. The number of pyridine rings is 1. The Kier molecular flexibility index (Phi) is 6.35. The zero-order chi connectivity index (χ0) is 25.5. The second-order valence-corrected chi connectivity index (χ2v) is 11.5. The van der Waals surface area contributed by atoms with Crippen molar-refractivity contribution in [3.8, 4) is 33.8 Å². The van der Waals surface area contributed by atoms with E-state index < -0.39 is 0 Å². The number of nitrogens with zero attached hydrogens (tertiary/aromatic N) is 4. The standard InChI is InChI=1S/C31H36N4/c1-19-15-23(27-33-28(30(4,5)6)35-29(34-27)31(7,8)9)16-20(2)26(19)24-17-25(32-18-21(24)3)22-13-11-10-12-14-22/h10-18H,1-9H3. The van der Waals surface area contributed by atoms with Crippen molar-refractivity contribution in [1.29, 1.82) is 0 Å². The van der Waals surface area contributed by atoms with E-state index >= 15 is 0 Å². The molecule has 0 radical (unpaired) electrons. The Balaban J connectivity index is 1.86. The average molecular weight is 465 g/mol. The summed E-state index contributed by atoms with van der Waals surface area (Å²) in [6, 6.07) is 17.0. The minimum atomic E-state index is -0.163. The van der Waals surface area contributed by atoms with Gasteiger partial charge >= 0.3 is 0 Å². The molecule has 0 aliphatic rings. The first-order valence-electron chi connectivity index (χ1n) is 12.3. The van der Waals surface area contributed by atoms with Gasteiger partial charge in [-0.25, -0.2) is 15.0 Å². The number of hydrogen-bond donors (Lipinski definition) is 0. The third-order valence-corrected chi connectivity index (χ3v) is 6.21. The number of hydrogen-bond acceptors (Lipinski definition) is 4. The Morgan fingerprint density at radius 2 is 1.14 bits per heavy atom. The molecular weight excluding hydrogens is 428 g/mol. The number of rotatable bonds is 3. The molecule has 4 heteroatoms. The van der Waals surface area contributed by atoms with E-state index in [4.69, 9.17) is 19.9 Å². The van der Waals surface area contributed by atoms with Crippen LogP contribution in [0.1, 0.15) is 69.9 Å². The first-order valence-corrected chi connectivity index (χ1v) is 12.3. The average Bonchev–Trinajstić information content (AvgIpc) is 2.79. The zero-order valence-corrected chi connectivity index (χ0v) is 22.5. The highest BCUT2D eigenvalue weighted by Gasteiger charge is 2.25. The van der Waals surface area contributed by atoms with Crippen LogP contribution in [0.3, 0.4) is 0 Å². The summed E-state index contributed by atoms with van der Waals surface area (Å²) in [6.07, 6.45) is 1.97. The third kappa shape index (κ3) is 5.17. The highest BCUT2D eigenvalue weighted by molar-refractivity contribution is 5.79. The minimum Gasteiger partial charge on any atom is -0.256 e. The first kappa shape index (κ1) is 24.7. The van der Waals surface area contributed by atoms with Crippen molar-refractivity contribution < 1.29 is 0 Å². The Morgan fingerprint density at radius 1 is 0.600 bits per heavy atom. The molecule has 4 rings (SSSR count). The first-order chi connectivity index (χ1) is 16.3. The van der Waals surface area contributed by atoms with Crippen LogP contribution in [0.15, 0.2) is 54.7 Å². The summed E-state index contributed by atoms with van der Waals surface area (Å²) in [5, 5.41) is 0. The third-order valence-electron chi connectivity index (χ3n) is 6.21. The maximum atomic E-state index is 4.91. The molecule has 4 aromatic rings. The van der Waals surface area contributed by atoms with Crippen molar-refractivity contribution in [2.75, 3.05) is 0 Å². The van der Waals surface area contributed by atoms with Crippen molar-refractivity contribution in [2.45, 2.75) is 73.1 Å². The molecule has 0 saturated carbocycles. The molecule has 0 fully saturated rings. The highest BCUT2D eigenvalue weighted by atomic mass is 15.1. The molecule has 0 atom stereocenters. The fourth-order valence-corrected chi connectivity index (χ4v) is 4.25. The second kappa shape index (κ2) is 8.99. The van der Waals surface area contributed by atoms with Crippen molar-refractivity contribution in [3.05, 3.63) is 83.1 Å². The molecule has 2 aromatic heterocycles. The summed E-state index contributed by atoms with van der Waals surface area (Å²) in [7, 11) is 0. The number of benzene rings is 2. The molecule has 2 heterocycles. The predicted octanol–water partition coefficient (Wildman–Crippen LogP) is 7.79. The van der Waals surface area contributed by atoms with Gasteiger partial charge in [-0.2, -0.15) is 0 Å². The summed E-state index contributed by atoms with van der Waals surface area (Å²) >= 11 is 0. The highest BCUT2D eigenvalue weighted by Crippen LogP contribution is 2.35. The zero-order valence-electron chi connectivity index (χ0n) is 22.5. The van der Waals surface area contributed by atoms with Gasteiger partial charge in [0.15, 0.2) is 5.82 Å². The van der Waals surface area contributed by atoms with E-state index in [-0.39, 0.29) is 10.8 Å². The summed E-state index contributed by atoms with van der Waals surface area (Å²) in [5.74, 6) is 2.39. The van der Waals surface area contributed by atoms with Crippen LogP contribution in [0.4, 0.5) is 0 Å². The van der Waals surface area contributed by atoms with Crippen molar-refractivity contribution in [2.24, 2.45) is 0 Å². The largest absolute Gasteiger partial charge is 0.256 e. The lowest BCUT2D eigenvalue weighted by Crippen LogP contribution is -2.24. The van der Waals surface area contributed by atoms with Crippen LogP contribution in [0, 0.1) is 20.8 Å². The van der Waals surface area contributed by atoms with Crippen LogP contribution in [0.25, 0.3) is 33.8 Å². The van der Waals surface area contributed by atoms with Gasteiger partial charge in [-0.15, -0.1) is 0 Å². The van der Waals surface area contributed by atoms with Gasteiger partial charge in [-0.3, -0.25) is 4.98 Å². The molecule has 4 nitrogen and oxygen atoms in total. The van der Waals surface area contributed by atoms with Crippen molar-refractivity contribution in [3.63, 3.8) is 0 Å². The van der Waals surface area contributed by atoms with Gasteiger partial charge in [0.05, 0.1) is 5.69 Å². The van der Waals surface area contributed by atoms with Crippen LogP contribution in [0.5, 0.6) is 0 Å². The summed E-state index contributed by atoms with van der Waals surface area (Å²) in [5.41, 5.74) is 8.81. The Bertz CT molecular complexity index is 1320. The molecule has 0 aliphatic carbocycles. The quantitative estimate of drug-likeness (QED) is 0.310. The van der Waals surface area contributed by atoms with E-state index in [1.165, 1.54) is 22.3 Å². The van der Waals surface area contributed by atoms with E-state index in [1.807, 2.05) is 24.4 Å². The smallest absolute Gasteiger partial charge is 0.163 e. The number of aryl methyl sites for hydroxylation is 3. The van der Waals surface area contributed by atoms with Gasteiger partial charge in [0.25, 0.3) is 0 Å². The minimum absolute atomic E-state index is 0.163. The lowest BCUT2D eigenvalue weighted by atomic mass is 9.90. The molecule has 0 saturated heterocycles. The van der Waals surface area contributed by atoms with E-state index in [2.05, 4.69) is 92.6 Å². The second-order valence-electron chi connectivity index (χ2n) is 11.5. The van der Waals surface area contributed by atoms with Crippen molar-refractivity contribution in [1.82, 2.24) is 19.9 Å². The number of aromatic nitrogens is 4. The summed E-state index contributed by atoms with van der Waals surface area (Å²) in [4.78, 5) is 19.4. The van der Waals surface area contributed by atoms with Crippen LogP contribution >= 0.6 is 0 Å². The van der Waals surface area contributed by atoms with Crippen molar-refractivity contribution >= 4 is 0 Å². The fourth-order valence-electron chi connectivity index (χ4n) is 4.25. The Hall–Kier alpha value is -3.40. The molecule has 0 unspecified atom stereocenters. The van der Waals surface area contributed by atoms with Gasteiger partial charge < -0.3 is 0 Å². The van der Waals surface area contributed by atoms with E-state index in [9.17, 15) is 0 Å². The Morgan fingerprint density at radius 3 is 1.66 bits per heavy atom. The van der Waals surface area contributed by atoms with Crippen LogP contribution in [-0.2, 0) is 10.8 Å². The molecule has 35 heavy (non-hydrogen) atoms. The monoisotopic (exact) mass is 464 g/mol. The van der Waals surface area contributed by atoms with Crippen LogP contribution in [0.2, 0.25) is 0 Å². The SMILES string of the molecule is Cc1cnc(-c2ccccc2)cc1-c1c(C)cc(-c2nc(C(C)(C)C)nc(C(C)(C)C)n2)cc1C. The van der Waals surface area contributed by atoms with Gasteiger partial charge in [0.2, 0.25) is 0 Å². The molecule has 0 aliphatic heterocycles. The van der Waals surface area contributed by atoms with E-state index in [0.29, 0.717) is 0 Å². The molecule has 0 N–H and O–H groups in total. The van der Waals surface area contributed by atoms with E-state index in [1.54, 1.807) is 0 Å². The predicted molar refractivity (Wildman–Crippen MR) is 146 cm³/mol. The maximum Gasteiger partial charge on any atom is 0.163 e. The molecule has 0 spiro atoms. The molecule has 2 aromatic carbocycles. The van der Waals surface area contributed by atoms with Crippen LogP contribution < -0.4 is 0 Å². The summed E-state index contributed by atoms with van der Waals surface area (Å²) < 4.78 is 0. The molecule has 0 amide bonds. The lowest BCUT2D eigenvalue weighted by molar-refractivity contribution is 0.497. The topological polar surface area (TPSA) is 51.6 Å². The molecule has 0 bridgehead atoms. The molecular formula is C31H36N4. The summed E-state index contributed by atoms with van der Waals surface area (Å²) in [6.45, 7) is 19.4. The van der Waals surface area contributed by atoms with Gasteiger partial charge in [-0.1, -0.05) is 71.9 Å². The Labute approximate surface area is 209 Å².